The highest BCUT2D eigenvalue weighted by Crippen LogP contribution is 2.26. The maximum atomic E-state index is 13.4. The molecule has 9 heteroatoms. The number of hydrogen-bond donors (Lipinski definition) is 1. The van der Waals surface area contributed by atoms with E-state index < -0.39 is 11.5 Å². The summed E-state index contributed by atoms with van der Waals surface area (Å²) in [6, 6.07) is 18.9. The van der Waals surface area contributed by atoms with Gasteiger partial charge in [-0.3, -0.25) is 14.0 Å². The molecule has 0 unspecified atom stereocenters. The molecule has 2 heterocycles. The van der Waals surface area contributed by atoms with Crippen LogP contribution in [-0.4, -0.2) is 15.3 Å². The van der Waals surface area contributed by atoms with E-state index in [0.29, 0.717) is 22.1 Å². The monoisotopic (exact) mass is 534 g/mol. The van der Waals surface area contributed by atoms with Gasteiger partial charge in [-0.15, -0.1) is 0 Å². The first-order valence-corrected chi connectivity index (χ1v) is 11.2. The van der Waals surface area contributed by atoms with Crippen molar-refractivity contribution >= 4 is 50.8 Å². The van der Waals surface area contributed by atoms with Crippen molar-refractivity contribution in [1.82, 2.24) is 9.38 Å². The quantitative estimate of drug-likeness (QED) is 0.259. The number of fused-ring (bicyclic) bond motifs is 1. The van der Waals surface area contributed by atoms with Gasteiger partial charge in [-0.25, -0.2) is 0 Å². The third-order valence-corrected chi connectivity index (χ3v) is 5.58. The third-order valence-electron chi connectivity index (χ3n) is 4.81. The molecule has 7 nitrogen and oxygen atoms in total. The predicted molar refractivity (Wildman–Crippen MR) is 134 cm³/mol. The van der Waals surface area contributed by atoms with Crippen molar-refractivity contribution in [3.63, 3.8) is 0 Å². The molecule has 0 radical (unpaired) electrons. The number of halogens is 2. The largest absolute Gasteiger partial charge is 0.438 e. The van der Waals surface area contributed by atoms with Crippen LogP contribution in [0, 0.1) is 18.3 Å². The number of nitrogens with one attached hydrogen (secondary N) is 1. The number of nitrogens with zero attached hydrogens (tertiary/aromatic N) is 3. The molecule has 0 spiro atoms. The maximum absolute atomic E-state index is 13.4. The number of benzene rings is 2. The molecule has 2 aromatic heterocycles. The Bertz CT molecular complexity index is 1540. The SMILES string of the molecule is Cc1cccn2c(=O)c(/C=C(/C#N)C(=O)Nc3cccc(Cl)c3)c(Oc3ccc(Br)cc3)nc12. The van der Waals surface area contributed by atoms with Gasteiger partial charge in [-0.2, -0.15) is 10.2 Å². The minimum atomic E-state index is -0.701. The number of aromatic nitrogens is 2. The Labute approximate surface area is 208 Å². The van der Waals surface area contributed by atoms with Gasteiger partial charge in [-0.05, 0) is 67.1 Å². The van der Waals surface area contributed by atoms with E-state index in [4.69, 9.17) is 16.3 Å². The second-order valence-corrected chi connectivity index (χ2v) is 8.56. The molecule has 0 aliphatic rings. The van der Waals surface area contributed by atoms with Crippen molar-refractivity contribution in [1.29, 1.82) is 5.26 Å². The highest BCUT2D eigenvalue weighted by Gasteiger charge is 2.18. The summed E-state index contributed by atoms with van der Waals surface area (Å²) >= 11 is 9.33. The van der Waals surface area contributed by atoms with Crippen LogP contribution in [0.5, 0.6) is 11.6 Å². The molecule has 0 saturated heterocycles. The fourth-order valence-electron chi connectivity index (χ4n) is 3.17. The number of pyridine rings is 1. The van der Waals surface area contributed by atoms with Gasteiger partial charge in [0.05, 0.1) is 0 Å². The van der Waals surface area contributed by atoms with Crippen molar-refractivity contribution < 1.29 is 9.53 Å². The minimum absolute atomic E-state index is 0.0232. The highest BCUT2D eigenvalue weighted by atomic mass is 79.9. The number of nitriles is 1. The van der Waals surface area contributed by atoms with E-state index in [-0.39, 0.29) is 17.0 Å². The Kier molecular flexibility index (Phi) is 6.77. The third kappa shape index (κ3) is 5.01. The minimum Gasteiger partial charge on any atom is -0.438 e. The summed E-state index contributed by atoms with van der Waals surface area (Å²) in [5.41, 5.74) is 0.752. The smallest absolute Gasteiger partial charge is 0.269 e. The Hall–Kier alpha value is -3.93. The second-order valence-electron chi connectivity index (χ2n) is 7.21. The summed E-state index contributed by atoms with van der Waals surface area (Å²) < 4.78 is 8.12. The summed E-state index contributed by atoms with van der Waals surface area (Å²) in [7, 11) is 0. The van der Waals surface area contributed by atoms with Gasteiger partial charge >= 0.3 is 0 Å². The zero-order valence-electron chi connectivity index (χ0n) is 17.8. The van der Waals surface area contributed by atoms with Crippen LogP contribution in [0.2, 0.25) is 5.02 Å². The fourth-order valence-corrected chi connectivity index (χ4v) is 3.62. The molecule has 0 fully saturated rings. The Balaban J connectivity index is 1.83. The molecule has 1 N–H and O–H groups in total. The van der Waals surface area contributed by atoms with Gasteiger partial charge in [-0.1, -0.05) is 39.7 Å². The van der Waals surface area contributed by atoms with Crippen molar-refractivity contribution in [2.75, 3.05) is 5.32 Å². The number of aryl methyl sites for hydroxylation is 1. The van der Waals surface area contributed by atoms with Gasteiger partial charge < -0.3 is 10.1 Å². The molecule has 168 valence electrons. The van der Waals surface area contributed by atoms with E-state index in [1.807, 2.05) is 19.1 Å². The van der Waals surface area contributed by atoms with Crippen LogP contribution in [0.1, 0.15) is 11.1 Å². The Morgan fingerprint density at radius 1 is 1.21 bits per heavy atom. The number of hydrogen-bond acceptors (Lipinski definition) is 5. The zero-order chi connectivity index (χ0) is 24.2. The van der Waals surface area contributed by atoms with E-state index in [1.54, 1.807) is 60.8 Å². The number of rotatable bonds is 5. The van der Waals surface area contributed by atoms with Gasteiger partial charge in [0.1, 0.15) is 28.6 Å². The van der Waals surface area contributed by atoms with E-state index in [2.05, 4.69) is 26.2 Å². The highest BCUT2D eigenvalue weighted by molar-refractivity contribution is 9.10. The van der Waals surface area contributed by atoms with Crippen LogP contribution in [0.4, 0.5) is 5.69 Å². The fraction of sp³-hybridized carbons (Fsp3) is 0.0400. The van der Waals surface area contributed by atoms with Gasteiger partial charge in [0.25, 0.3) is 11.5 Å². The summed E-state index contributed by atoms with van der Waals surface area (Å²) in [5, 5.41) is 12.7. The lowest BCUT2D eigenvalue weighted by molar-refractivity contribution is -0.112. The van der Waals surface area contributed by atoms with Crippen molar-refractivity contribution in [3.05, 3.63) is 103 Å². The number of ether oxygens (including phenoxy) is 1. The summed E-state index contributed by atoms with van der Waals surface area (Å²) in [4.78, 5) is 30.7. The molecule has 1 amide bonds. The van der Waals surface area contributed by atoms with Crippen molar-refractivity contribution in [2.45, 2.75) is 6.92 Å². The first kappa shape index (κ1) is 23.2. The maximum Gasteiger partial charge on any atom is 0.269 e. The Morgan fingerprint density at radius 2 is 1.97 bits per heavy atom. The molecular formula is C25H16BrClN4O3. The summed E-state index contributed by atoms with van der Waals surface area (Å²) in [6.45, 7) is 1.82. The van der Waals surface area contributed by atoms with E-state index in [0.717, 1.165) is 10.0 Å². The molecule has 4 rings (SSSR count). The molecule has 0 saturated carbocycles. The lowest BCUT2D eigenvalue weighted by Crippen LogP contribution is -2.20. The first-order valence-electron chi connectivity index (χ1n) is 10.00. The molecule has 0 bridgehead atoms. The Morgan fingerprint density at radius 3 is 2.68 bits per heavy atom. The van der Waals surface area contributed by atoms with Crippen LogP contribution in [0.3, 0.4) is 0 Å². The second kappa shape index (κ2) is 9.91. The van der Waals surface area contributed by atoms with Gasteiger partial charge in [0.15, 0.2) is 0 Å². The van der Waals surface area contributed by atoms with Crippen molar-refractivity contribution in [2.24, 2.45) is 0 Å². The predicted octanol–water partition coefficient (Wildman–Crippen LogP) is 5.76. The first-order chi connectivity index (χ1) is 16.4. The van der Waals surface area contributed by atoms with E-state index in [1.165, 1.54) is 10.5 Å². The molecule has 0 aliphatic carbocycles. The van der Waals surface area contributed by atoms with Crippen LogP contribution in [-0.2, 0) is 4.79 Å². The standard InChI is InChI=1S/C25H16BrClN4O3/c1-15-4-3-11-31-22(15)30-24(34-20-9-7-17(26)8-10-20)21(25(31)33)12-16(14-28)23(32)29-19-6-2-5-18(27)13-19/h2-13H,1H3,(H,29,32)/b16-12-. The molecular weight excluding hydrogens is 520 g/mol. The molecule has 4 aromatic rings. The lowest BCUT2D eigenvalue weighted by atomic mass is 10.1. The van der Waals surface area contributed by atoms with E-state index >= 15 is 0 Å². The van der Waals surface area contributed by atoms with Crippen molar-refractivity contribution in [3.8, 4) is 17.7 Å². The van der Waals surface area contributed by atoms with Crippen LogP contribution >= 0.6 is 27.5 Å². The van der Waals surface area contributed by atoms with Crippen LogP contribution in [0.15, 0.2) is 81.7 Å². The zero-order valence-corrected chi connectivity index (χ0v) is 20.1. The van der Waals surface area contributed by atoms with Crippen LogP contribution < -0.4 is 15.6 Å². The normalized spacial score (nSPS) is 11.2. The van der Waals surface area contributed by atoms with Gasteiger partial charge in [0.2, 0.25) is 5.88 Å². The number of amides is 1. The lowest BCUT2D eigenvalue weighted by Gasteiger charge is -2.11. The number of carbonyl (C=O) groups is 1. The van der Waals surface area contributed by atoms with Gasteiger partial charge in [0, 0.05) is 21.4 Å². The molecule has 2 aromatic carbocycles. The number of anilines is 1. The molecule has 0 aliphatic heterocycles. The van der Waals surface area contributed by atoms with E-state index in [9.17, 15) is 14.9 Å². The average Bonchev–Trinajstić information content (AvgIpc) is 2.81. The average molecular weight is 536 g/mol. The molecule has 34 heavy (non-hydrogen) atoms. The summed E-state index contributed by atoms with van der Waals surface area (Å²) in [6.07, 6.45) is 2.74. The topological polar surface area (TPSA) is 96.5 Å². The van der Waals surface area contributed by atoms with Crippen LogP contribution in [0.25, 0.3) is 11.7 Å². The molecule has 0 atom stereocenters. The number of carbonyl (C=O) groups excluding carboxylic acids is 1. The summed E-state index contributed by atoms with van der Waals surface area (Å²) in [5.74, 6) is -0.289.